The molecule has 0 saturated carbocycles. The van der Waals surface area contributed by atoms with E-state index in [2.05, 4.69) is 21.3 Å². The van der Waals surface area contributed by atoms with Gasteiger partial charge in [0.1, 0.15) is 0 Å². The lowest BCUT2D eigenvalue weighted by Crippen LogP contribution is -2.44. The molecule has 1 aromatic rings. The Labute approximate surface area is 179 Å². The van der Waals surface area contributed by atoms with E-state index in [9.17, 15) is 22.8 Å². The number of carbonyl (C=O) groups is 2. The molecule has 0 unspecified atom stereocenters. The van der Waals surface area contributed by atoms with Gasteiger partial charge in [-0.3, -0.25) is 9.69 Å². The average Bonchev–Trinajstić information content (AvgIpc) is 2.69. The molecule has 1 amide bonds. The van der Waals surface area contributed by atoms with Gasteiger partial charge in [-0.05, 0) is 25.1 Å². The van der Waals surface area contributed by atoms with Gasteiger partial charge >= 0.3 is 12.1 Å². The summed E-state index contributed by atoms with van der Waals surface area (Å²) in [4.78, 5) is 26.2. The first-order valence-electron chi connectivity index (χ1n) is 10.3. The molecule has 11 heteroatoms. The number of halogens is 3. The van der Waals surface area contributed by atoms with Crippen molar-refractivity contribution in [2.45, 2.75) is 13.1 Å². The van der Waals surface area contributed by atoms with Gasteiger partial charge < -0.3 is 26.0 Å². The average molecular weight is 445 g/mol. The number of nitrogens with one attached hydrogen (secondary N) is 4. The van der Waals surface area contributed by atoms with E-state index in [-0.39, 0.29) is 24.4 Å². The van der Waals surface area contributed by atoms with E-state index in [1.54, 1.807) is 6.92 Å². The third kappa shape index (κ3) is 8.82. The number of nitrogens with zero attached hydrogens (tertiary/aromatic N) is 1. The predicted octanol–water partition coefficient (Wildman–Crippen LogP) is 0.905. The fraction of sp³-hybridized carbons (Fsp3) is 0.600. The maximum Gasteiger partial charge on any atom is 0.418 e. The van der Waals surface area contributed by atoms with Crippen LogP contribution >= 0.6 is 0 Å². The molecule has 0 aromatic heterocycles. The van der Waals surface area contributed by atoms with Crippen molar-refractivity contribution in [1.29, 1.82) is 0 Å². The third-order valence-corrected chi connectivity index (χ3v) is 4.64. The first kappa shape index (κ1) is 25.1. The highest BCUT2D eigenvalue weighted by molar-refractivity contribution is 5.95. The van der Waals surface area contributed by atoms with Crippen LogP contribution in [0.25, 0.3) is 0 Å². The molecule has 0 aliphatic carbocycles. The number of anilines is 1. The van der Waals surface area contributed by atoms with Gasteiger partial charge in [-0.25, -0.2) is 4.79 Å². The Kier molecular flexibility index (Phi) is 10.2. The molecule has 8 nitrogen and oxygen atoms in total. The molecule has 0 radical (unpaired) electrons. The second-order valence-electron chi connectivity index (χ2n) is 7.05. The summed E-state index contributed by atoms with van der Waals surface area (Å²) in [7, 11) is 0. The highest BCUT2D eigenvalue weighted by Gasteiger charge is 2.35. The number of amides is 1. The number of carbonyl (C=O) groups excluding carboxylic acids is 2. The highest BCUT2D eigenvalue weighted by Crippen LogP contribution is 2.35. The minimum atomic E-state index is -4.74. The van der Waals surface area contributed by atoms with Crippen LogP contribution in [0.1, 0.15) is 22.8 Å². The van der Waals surface area contributed by atoms with E-state index in [4.69, 9.17) is 4.74 Å². The third-order valence-electron chi connectivity index (χ3n) is 4.64. The summed E-state index contributed by atoms with van der Waals surface area (Å²) < 4.78 is 45.3. The molecule has 1 aliphatic heterocycles. The molecule has 0 spiro atoms. The number of hydrogen-bond acceptors (Lipinski definition) is 7. The van der Waals surface area contributed by atoms with Gasteiger partial charge in [0.05, 0.1) is 30.0 Å². The molecule has 1 aromatic carbocycles. The molecule has 31 heavy (non-hydrogen) atoms. The van der Waals surface area contributed by atoms with Crippen LogP contribution in [0.3, 0.4) is 0 Å². The highest BCUT2D eigenvalue weighted by atomic mass is 19.4. The van der Waals surface area contributed by atoms with Crippen molar-refractivity contribution in [2.75, 3.05) is 70.8 Å². The maximum absolute atomic E-state index is 13.5. The van der Waals surface area contributed by atoms with Gasteiger partial charge in [0.2, 0.25) is 5.91 Å². The molecule has 4 N–H and O–H groups in total. The summed E-state index contributed by atoms with van der Waals surface area (Å²) in [6.45, 7) is 7.34. The molecule has 1 heterocycles. The molecule has 1 fully saturated rings. The SMILES string of the molecule is CCOC(=O)c1ccc(NC(=O)CN2CCNCCNCCNCC2)c(C(F)(F)F)c1. The van der Waals surface area contributed by atoms with Crippen molar-refractivity contribution in [3.63, 3.8) is 0 Å². The Bertz CT molecular complexity index is 719. The topological polar surface area (TPSA) is 94.7 Å². The number of rotatable bonds is 5. The Morgan fingerprint density at radius 3 is 2.16 bits per heavy atom. The molecule has 0 bridgehead atoms. The summed E-state index contributed by atoms with van der Waals surface area (Å²) in [5.74, 6) is -1.40. The lowest BCUT2D eigenvalue weighted by Gasteiger charge is -2.23. The number of ether oxygens (including phenoxy) is 1. The first-order chi connectivity index (χ1) is 14.8. The van der Waals surface area contributed by atoms with Gasteiger partial charge in [0.15, 0.2) is 0 Å². The summed E-state index contributed by atoms with van der Waals surface area (Å²) >= 11 is 0. The standard InChI is InChI=1S/C20H30F3N5O3/c1-2-31-19(30)15-3-4-17(16(13-15)20(21,22)23)27-18(29)14-28-11-9-25-7-5-24-6-8-26-10-12-28/h3-4,13,24-26H,2,5-12,14H2,1H3,(H,27,29). The number of hydrogen-bond donors (Lipinski definition) is 4. The van der Waals surface area contributed by atoms with Crippen LogP contribution in [0.5, 0.6) is 0 Å². The fourth-order valence-electron chi connectivity index (χ4n) is 3.09. The van der Waals surface area contributed by atoms with Crippen molar-refractivity contribution in [1.82, 2.24) is 20.9 Å². The van der Waals surface area contributed by atoms with E-state index >= 15 is 0 Å². The van der Waals surface area contributed by atoms with E-state index in [1.807, 2.05) is 4.90 Å². The minimum Gasteiger partial charge on any atom is -0.462 e. The van der Waals surface area contributed by atoms with E-state index in [0.717, 1.165) is 32.2 Å². The summed E-state index contributed by atoms with van der Waals surface area (Å²) in [5, 5.41) is 12.2. The van der Waals surface area contributed by atoms with Crippen LogP contribution < -0.4 is 21.3 Å². The van der Waals surface area contributed by atoms with Crippen LogP contribution in [0.15, 0.2) is 18.2 Å². The lowest BCUT2D eigenvalue weighted by atomic mass is 10.1. The Morgan fingerprint density at radius 1 is 1.03 bits per heavy atom. The van der Waals surface area contributed by atoms with Crippen LogP contribution in [0.2, 0.25) is 0 Å². The second kappa shape index (κ2) is 12.6. The summed E-state index contributed by atoms with van der Waals surface area (Å²) in [6, 6.07) is 2.99. The zero-order valence-electron chi connectivity index (χ0n) is 17.6. The lowest BCUT2D eigenvalue weighted by molar-refractivity contribution is -0.137. The quantitative estimate of drug-likeness (QED) is 0.501. The normalized spacial score (nSPS) is 17.3. The van der Waals surface area contributed by atoms with Crippen molar-refractivity contribution in [3.8, 4) is 0 Å². The minimum absolute atomic E-state index is 0.0431. The van der Waals surface area contributed by atoms with Gasteiger partial charge in [0.25, 0.3) is 0 Å². The van der Waals surface area contributed by atoms with Gasteiger partial charge in [-0.2, -0.15) is 13.2 Å². The fourth-order valence-corrected chi connectivity index (χ4v) is 3.09. The van der Waals surface area contributed by atoms with Crippen LogP contribution in [-0.2, 0) is 15.7 Å². The molecule has 1 aliphatic rings. The van der Waals surface area contributed by atoms with Crippen LogP contribution in [0, 0.1) is 0 Å². The predicted molar refractivity (Wildman–Crippen MR) is 111 cm³/mol. The van der Waals surface area contributed by atoms with Crippen molar-refractivity contribution < 1.29 is 27.5 Å². The molecule has 2 rings (SSSR count). The van der Waals surface area contributed by atoms with Crippen LogP contribution in [-0.4, -0.2) is 82.3 Å². The molecule has 1 saturated heterocycles. The van der Waals surface area contributed by atoms with Crippen LogP contribution in [0.4, 0.5) is 18.9 Å². The van der Waals surface area contributed by atoms with Crippen molar-refractivity contribution in [2.24, 2.45) is 0 Å². The molecular weight excluding hydrogens is 415 g/mol. The summed E-state index contributed by atoms with van der Waals surface area (Å²) in [5.41, 5.74) is -1.69. The Balaban J connectivity index is 2.05. The number of benzene rings is 1. The number of esters is 1. The van der Waals surface area contributed by atoms with Gasteiger partial charge in [-0.1, -0.05) is 0 Å². The largest absolute Gasteiger partial charge is 0.462 e. The molecule has 0 atom stereocenters. The molecule has 174 valence electrons. The van der Waals surface area contributed by atoms with E-state index in [1.165, 1.54) is 6.07 Å². The van der Waals surface area contributed by atoms with Gasteiger partial charge in [-0.15, -0.1) is 0 Å². The Morgan fingerprint density at radius 2 is 1.61 bits per heavy atom. The van der Waals surface area contributed by atoms with Gasteiger partial charge in [0, 0.05) is 52.4 Å². The van der Waals surface area contributed by atoms with E-state index < -0.39 is 23.6 Å². The molecular formula is C20H30F3N5O3. The monoisotopic (exact) mass is 445 g/mol. The van der Waals surface area contributed by atoms with Crippen molar-refractivity contribution >= 4 is 17.6 Å². The number of alkyl halides is 3. The zero-order chi connectivity index (χ0) is 22.7. The van der Waals surface area contributed by atoms with Crippen molar-refractivity contribution in [3.05, 3.63) is 29.3 Å². The zero-order valence-corrected chi connectivity index (χ0v) is 17.6. The summed E-state index contributed by atoms with van der Waals surface area (Å²) in [6.07, 6.45) is -4.74. The van der Waals surface area contributed by atoms with E-state index in [0.29, 0.717) is 32.2 Å². The second-order valence-corrected chi connectivity index (χ2v) is 7.05. The smallest absolute Gasteiger partial charge is 0.418 e. The Hall–Kier alpha value is -2.21. The maximum atomic E-state index is 13.5. The first-order valence-corrected chi connectivity index (χ1v) is 10.3.